The maximum Gasteiger partial charge on any atom is 0.323 e. The fraction of sp³-hybridized carbons (Fsp3) is 0.385. The Morgan fingerprint density at radius 3 is 2.32 bits per heavy atom. The first-order valence-electron chi connectivity index (χ1n) is 12.2. The van der Waals surface area contributed by atoms with Crippen molar-refractivity contribution in [1.82, 2.24) is 20.7 Å². The van der Waals surface area contributed by atoms with Gasteiger partial charge < -0.3 is 15.7 Å². The minimum Gasteiger partial charge on any atom is -0.480 e. The van der Waals surface area contributed by atoms with Crippen LogP contribution in [0.15, 0.2) is 46.3 Å². The van der Waals surface area contributed by atoms with Crippen molar-refractivity contribution in [2.75, 3.05) is 19.6 Å². The summed E-state index contributed by atoms with van der Waals surface area (Å²) < 4.78 is 28.1. The fourth-order valence-corrected chi connectivity index (χ4v) is 5.85. The van der Waals surface area contributed by atoms with Gasteiger partial charge in [0, 0.05) is 31.6 Å². The van der Waals surface area contributed by atoms with E-state index in [4.69, 9.17) is 0 Å². The average molecular weight is 544 g/mol. The van der Waals surface area contributed by atoms with Gasteiger partial charge in [0.2, 0.25) is 15.9 Å². The molecule has 0 bridgehead atoms. The Labute approximate surface area is 222 Å². The van der Waals surface area contributed by atoms with Crippen LogP contribution in [-0.2, 0) is 26.0 Å². The second-order valence-corrected chi connectivity index (χ2v) is 10.9. The number of nitrogens with one attached hydrogen (secondary N) is 4. The molecule has 1 unspecified atom stereocenters. The quantitative estimate of drug-likeness (QED) is 0.300. The monoisotopic (exact) mass is 543 g/mol. The summed E-state index contributed by atoms with van der Waals surface area (Å²) in [5.41, 5.74) is 3.01. The van der Waals surface area contributed by atoms with Crippen molar-refractivity contribution < 1.29 is 27.9 Å². The molecule has 11 nitrogen and oxygen atoms in total. The van der Waals surface area contributed by atoms with E-state index in [2.05, 4.69) is 25.7 Å². The third-order valence-corrected chi connectivity index (χ3v) is 7.72. The summed E-state index contributed by atoms with van der Waals surface area (Å²) >= 11 is 0. The molecule has 1 aliphatic heterocycles. The Morgan fingerprint density at radius 2 is 1.74 bits per heavy atom. The summed E-state index contributed by atoms with van der Waals surface area (Å²) in [5, 5.41) is 17.8. The van der Waals surface area contributed by atoms with Gasteiger partial charge in [-0.1, -0.05) is 29.8 Å². The topological polar surface area (TPSA) is 166 Å². The first kappa shape index (κ1) is 28.8. The first-order valence-corrected chi connectivity index (χ1v) is 13.7. The summed E-state index contributed by atoms with van der Waals surface area (Å²) in [6.45, 7) is 6.13. The van der Waals surface area contributed by atoms with Gasteiger partial charge in [-0.05, 0) is 62.4 Å². The summed E-state index contributed by atoms with van der Waals surface area (Å²) in [5.74, 6) is -1.65. The Balaban J connectivity index is 1.55. The number of amides is 2. The van der Waals surface area contributed by atoms with Crippen molar-refractivity contribution in [2.24, 2.45) is 4.99 Å². The normalized spacial score (nSPS) is 14.1. The molecule has 0 saturated carbocycles. The van der Waals surface area contributed by atoms with E-state index in [-0.39, 0.29) is 22.8 Å². The second-order valence-electron chi connectivity index (χ2n) is 9.21. The van der Waals surface area contributed by atoms with Crippen molar-refractivity contribution in [3.63, 3.8) is 0 Å². The van der Waals surface area contributed by atoms with Gasteiger partial charge in [-0.2, -0.15) is 4.72 Å². The third-order valence-electron chi connectivity index (χ3n) is 5.95. The number of hydrogen-bond donors (Lipinski definition) is 5. The minimum absolute atomic E-state index is 0.0212. The number of nitrogens with zero attached hydrogens (tertiary/aromatic N) is 1. The molecule has 5 N–H and O–H groups in total. The van der Waals surface area contributed by atoms with Crippen LogP contribution >= 0.6 is 0 Å². The molecule has 1 heterocycles. The van der Waals surface area contributed by atoms with Gasteiger partial charge in [-0.25, -0.2) is 8.42 Å². The molecule has 38 heavy (non-hydrogen) atoms. The number of aliphatic carboxylic acids is 1. The molecule has 0 fully saturated rings. The number of sulfonamides is 1. The fourth-order valence-electron chi connectivity index (χ4n) is 4.20. The van der Waals surface area contributed by atoms with E-state index in [0.29, 0.717) is 30.1 Å². The van der Waals surface area contributed by atoms with Crippen LogP contribution in [0.2, 0.25) is 0 Å². The summed E-state index contributed by atoms with van der Waals surface area (Å²) in [6, 6.07) is 8.39. The van der Waals surface area contributed by atoms with Crippen LogP contribution in [0, 0.1) is 20.8 Å². The highest BCUT2D eigenvalue weighted by Crippen LogP contribution is 2.22. The number of benzene rings is 2. The maximum absolute atomic E-state index is 12.9. The number of aliphatic imine (C=N–C) groups is 1. The summed E-state index contributed by atoms with van der Waals surface area (Å²) in [7, 11) is -4.15. The molecular weight excluding hydrogens is 510 g/mol. The van der Waals surface area contributed by atoms with Crippen LogP contribution < -0.4 is 20.7 Å². The highest BCUT2D eigenvalue weighted by Gasteiger charge is 2.28. The second kappa shape index (κ2) is 12.7. The van der Waals surface area contributed by atoms with Gasteiger partial charge in [0.05, 0.1) is 4.90 Å². The number of carbonyl (C=O) groups excluding carboxylic acids is 2. The molecule has 204 valence electrons. The number of carboxylic acids is 1. The molecule has 0 saturated heterocycles. The molecule has 3 rings (SSSR count). The lowest BCUT2D eigenvalue weighted by Crippen LogP contribution is -2.48. The molecule has 0 aromatic heterocycles. The van der Waals surface area contributed by atoms with Gasteiger partial charge in [0.15, 0.2) is 5.96 Å². The Bertz CT molecular complexity index is 1320. The van der Waals surface area contributed by atoms with E-state index in [0.717, 1.165) is 24.1 Å². The van der Waals surface area contributed by atoms with E-state index in [1.165, 1.54) is 0 Å². The number of guanidine groups is 1. The zero-order valence-corrected chi connectivity index (χ0v) is 22.4. The van der Waals surface area contributed by atoms with E-state index in [1.807, 2.05) is 6.92 Å². The standard InChI is InChI=1S/C26H33N5O6S/c1-16-13-17(2)23(18(3)14-16)38(36,37)31-21(25(34)35)15-29-24(33)20-8-5-19(6-9-20)7-10-22(32)30-26-27-11-4-12-28-26/h5-6,8-9,13-14,21,31H,4,7,10-12,15H2,1-3H3,(H,29,33)(H,34,35)(H2,27,28,30,32). The van der Waals surface area contributed by atoms with E-state index >= 15 is 0 Å². The molecule has 2 aromatic rings. The van der Waals surface area contributed by atoms with E-state index < -0.39 is 34.5 Å². The predicted molar refractivity (Wildman–Crippen MR) is 143 cm³/mol. The van der Waals surface area contributed by atoms with Crippen LogP contribution in [0.3, 0.4) is 0 Å². The van der Waals surface area contributed by atoms with Gasteiger partial charge in [-0.3, -0.25) is 24.7 Å². The van der Waals surface area contributed by atoms with Crippen LogP contribution in [-0.4, -0.2) is 62.9 Å². The zero-order chi connectivity index (χ0) is 27.9. The van der Waals surface area contributed by atoms with Gasteiger partial charge >= 0.3 is 5.97 Å². The maximum atomic E-state index is 12.9. The molecule has 0 spiro atoms. The van der Waals surface area contributed by atoms with Crippen molar-refractivity contribution in [2.45, 2.75) is 51.0 Å². The van der Waals surface area contributed by atoms with Gasteiger partial charge in [0.25, 0.3) is 5.91 Å². The minimum atomic E-state index is -4.15. The van der Waals surface area contributed by atoms with Gasteiger partial charge in [-0.15, -0.1) is 0 Å². The molecule has 1 atom stereocenters. The van der Waals surface area contributed by atoms with Crippen LogP contribution in [0.1, 0.15) is 45.5 Å². The molecular formula is C26H33N5O6S. The largest absolute Gasteiger partial charge is 0.480 e. The molecule has 1 aliphatic rings. The number of carboxylic acid groups (broad SMARTS) is 1. The summed E-state index contributed by atoms with van der Waals surface area (Å²) in [4.78, 5) is 40.7. The van der Waals surface area contributed by atoms with Crippen molar-refractivity contribution in [3.05, 3.63) is 64.2 Å². The highest BCUT2D eigenvalue weighted by atomic mass is 32.2. The summed E-state index contributed by atoms with van der Waals surface area (Å²) in [6.07, 6.45) is 1.63. The van der Waals surface area contributed by atoms with Gasteiger partial charge in [0.1, 0.15) is 6.04 Å². The first-order chi connectivity index (χ1) is 18.0. The SMILES string of the molecule is Cc1cc(C)c(S(=O)(=O)NC(CNC(=O)c2ccc(CCC(=O)NC3=NCCCN3)cc2)C(=O)O)c(C)c1. The molecule has 2 amide bonds. The van der Waals surface area contributed by atoms with E-state index in [1.54, 1.807) is 50.2 Å². The van der Waals surface area contributed by atoms with Crippen molar-refractivity contribution in [3.8, 4) is 0 Å². The number of aryl methyl sites for hydroxylation is 4. The van der Waals surface area contributed by atoms with Crippen LogP contribution in [0.4, 0.5) is 0 Å². The average Bonchev–Trinajstić information content (AvgIpc) is 2.85. The lowest BCUT2D eigenvalue weighted by Gasteiger charge is -2.18. The number of hydrogen-bond acceptors (Lipinski definition) is 7. The predicted octanol–water partition coefficient (Wildman–Crippen LogP) is 1.17. The molecule has 2 aromatic carbocycles. The Hall–Kier alpha value is -3.77. The molecule has 0 radical (unpaired) electrons. The zero-order valence-electron chi connectivity index (χ0n) is 21.6. The molecule has 12 heteroatoms. The highest BCUT2D eigenvalue weighted by molar-refractivity contribution is 7.89. The Morgan fingerprint density at radius 1 is 1.08 bits per heavy atom. The lowest BCUT2D eigenvalue weighted by molar-refractivity contribution is -0.138. The van der Waals surface area contributed by atoms with Crippen molar-refractivity contribution >= 4 is 33.8 Å². The Kier molecular flexibility index (Phi) is 9.59. The van der Waals surface area contributed by atoms with E-state index in [9.17, 15) is 27.9 Å². The van der Waals surface area contributed by atoms with Crippen LogP contribution in [0.5, 0.6) is 0 Å². The van der Waals surface area contributed by atoms with Crippen LogP contribution in [0.25, 0.3) is 0 Å². The number of carbonyl (C=O) groups is 3. The molecule has 0 aliphatic carbocycles. The number of rotatable bonds is 10. The van der Waals surface area contributed by atoms with Crippen molar-refractivity contribution in [1.29, 1.82) is 0 Å². The third kappa shape index (κ3) is 7.86. The lowest BCUT2D eigenvalue weighted by atomic mass is 10.1. The smallest absolute Gasteiger partial charge is 0.323 e.